The van der Waals surface area contributed by atoms with Gasteiger partial charge < -0.3 is 16.3 Å². The lowest BCUT2D eigenvalue weighted by molar-refractivity contribution is -0.139. The monoisotopic (exact) mass is 227 g/mol. The number of alkyl halides is 3. The van der Waals surface area contributed by atoms with E-state index in [1.54, 1.807) is 6.92 Å². The minimum Gasteiger partial charge on any atom is -0.409 e. The van der Waals surface area contributed by atoms with Crippen LogP contribution in [0.15, 0.2) is 5.16 Å². The molecule has 0 aromatic carbocycles. The molecule has 90 valence electrons. The summed E-state index contributed by atoms with van der Waals surface area (Å²) in [4.78, 5) is 0. The van der Waals surface area contributed by atoms with Crippen molar-refractivity contribution in [2.75, 3.05) is 0 Å². The van der Waals surface area contributed by atoms with Gasteiger partial charge in [-0.2, -0.15) is 13.2 Å². The second-order valence-corrected chi connectivity index (χ2v) is 3.37. The number of amidine groups is 1. The summed E-state index contributed by atoms with van der Waals surface area (Å²) in [6.45, 7) is 3.14. The highest BCUT2D eigenvalue weighted by molar-refractivity contribution is 5.85. The molecule has 0 saturated heterocycles. The molecule has 7 heteroatoms. The zero-order valence-corrected chi connectivity index (χ0v) is 8.67. The molecule has 0 rings (SSSR count). The largest absolute Gasteiger partial charge is 0.409 e. The van der Waals surface area contributed by atoms with Crippen LogP contribution in [-0.4, -0.2) is 29.3 Å². The maximum atomic E-state index is 12.0. The SMILES string of the molecule is CCC(NC(C)CC(F)(F)F)C(N)=NO. The molecular weight excluding hydrogens is 211 g/mol. The summed E-state index contributed by atoms with van der Waals surface area (Å²) in [7, 11) is 0. The predicted octanol–water partition coefficient (Wildman–Crippen LogP) is 1.44. The lowest BCUT2D eigenvalue weighted by atomic mass is 10.1. The second kappa shape index (κ2) is 5.79. The van der Waals surface area contributed by atoms with Crippen molar-refractivity contribution >= 4 is 5.84 Å². The van der Waals surface area contributed by atoms with Crippen molar-refractivity contribution in [3.63, 3.8) is 0 Å². The van der Waals surface area contributed by atoms with Gasteiger partial charge in [-0.3, -0.25) is 0 Å². The van der Waals surface area contributed by atoms with Crippen LogP contribution in [0, 0.1) is 0 Å². The van der Waals surface area contributed by atoms with E-state index >= 15 is 0 Å². The average Bonchev–Trinajstić information content (AvgIpc) is 2.10. The molecule has 4 nitrogen and oxygen atoms in total. The van der Waals surface area contributed by atoms with Gasteiger partial charge in [0.15, 0.2) is 5.84 Å². The number of oxime groups is 1. The van der Waals surface area contributed by atoms with E-state index in [-0.39, 0.29) is 5.84 Å². The topological polar surface area (TPSA) is 70.6 Å². The van der Waals surface area contributed by atoms with Crippen LogP contribution in [0.3, 0.4) is 0 Å². The molecule has 0 heterocycles. The van der Waals surface area contributed by atoms with Gasteiger partial charge in [-0.15, -0.1) is 0 Å². The Hall–Kier alpha value is -0.980. The lowest BCUT2D eigenvalue weighted by Gasteiger charge is -2.21. The van der Waals surface area contributed by atoms with Gasteiger partial charge >= 0.3 is 6.18 Å². The van der Waals surface area contributed by atoms with E-state index in [0.717, 1.165) is 0 Å². The third kappa shape index (κ3) is 6.16. The van der Waals surface area contributed by atoms with Crippen LogP contribution in [-0.2, 0) is 0 Å². The maximum absolute atomic E-state index is 12.0. The summed E-state index contributed by atoms with van der Waals surface area (Å²) in [6, 6.07) is -1.30. The lowest BCUT2D eigenvalue weighted by Crippen LogP contribution is -2.46. The molecule has 0 spiro atoms. The fourth-order valence-electron chi connectivity index (χ4n) is 1.23. The van der Waals surface area contributed by atoms with Crippen LogP contribution in [0.1, 0.15) is 26.7 Å². The van der Waals surface area contributed by atoms with Crippen LogP contribution in [0.5, 0.6) is 0 Å². The van der Waals surface area contributed by atoms with Gasteiger partial charge in [-0.1, -0.05) is 12.1 Å². The Morgan fingerprint density at radius 2 is 2.07 bits per heavy atom. The van der Waals surface area contributed by atoms with Crippen molar-refractivity contribution in [1.82, 2.24) is 5.32 Å². The van der Waals surface area contributed by atoms with Crippen LogP contribution in [0.4, 0.5) is 13.2 Å². The normalized spacial score (nSPS) is 17.5. The number of rotatable bonds is 5. The van der Waals surface area contributed by atoms with Gasteiger partial charge in [0.2, 0.25) is 0 Å². The molecule has 0 radical (unpaired) electrons. The van der Waals surface area contributed by atoms with E-state index in [9.17, 15) is 13.2 Å². The molecule has 0 aliphatic heterocycles. The summed E-state index contributed by atoms with van der Waals surface area (Å²) in [5.74, 6) is -0.105. The standard InChI is InChI=1S/C8H16F3N3O/c1-3-6(7(12)14-15)13-5(2)4-8(9,10)11/h5-6,13,15H,3-4H2,1-2H3,(H2,12,14). The third-order valence-electron chi connectivity index (χ3n) is 1.90. The Balaban J connectivity index is 4.19. The zero-order valence-electron chi connectivity index (χ0n) is 8.67. The molecule has 4 N–H and O–H groups in total. The van der Waals surface area contributed by atoms with E-state index < -0.39 is 24.7 Å². The van der Waals surface area contributed by atoms with Crippen molar-refractivity contribution in [3.05, 3.63) is 0 Å². The van der Waals surface area contributed by atoms with E-state index in [4.69, 9.17) is 10.9 Å². The highest BCUT2D eigenvalue weighted by Gasteiger charge is 2.30. The molecule has 0 aromatic heterocycles. The summed E-state index contributed by atoms with van der Waals surface area (Å²) >= 11 is 0. The predicted molar refractivity (Wildman–Crippen MR) is 50.8 cm³/mol. The first-order chi connectivity index (χ1) is 6.80. The number of halogens is 3. The van der Waals surface area contributed by atoms with Crippen molar-refractivity contribution in [2.45, 2.75) is 44.9 Å². The Bertz CT molecular complexity index is 218. The summed E-state index contributed by atoms with van der Waals surface area (Å²) in [5.41, 5.74) is 5.30. The first-order valence-electron chi connectivity index (χ1n) is 4.60. The van der Waals surface area contributed by atoms with Crippen LogP contribution < -0.4 is 11.1 Å². The van der Waals surface area contributed by atoms with Gasteiger partial charge in [0.25, 0.3) is 0 Å². The highest BCUT2D eigenvalue weighted by Crippen LogP contribution is 2.21. The van der Waals surface area contributed by atoms with E-state index in [2.05, 4.69) is 10.5 Å². The summed E-state index contributed by atoms with van der Waals surface area (Å²) in [5, 5.41) is 13.8. The smallest absolute Gasteiger partial charge is 0.390 e. The van der Waals surface area contributed by atoms with Crippen molar-refractivity contribution < 1.29 is 18.4 Å². The zero-order chi connectivity index (χ0) is 12.1. The molecule has 0 aromatic rings. The number of hydrogen-bond acceptors (Lipinski definition) is 3. The maximum Gasteiger partial charge on any atom is 0.390 e. The number of hydrogen-bond donors (Lipinski definition) is 3. The molecule has 2 unspecified atom stereocenters. The van der Waals surface area contributed by atoms with Gasteiger partial charge in [0, 0.05) is 6.04 Å². The first-order valence-corrected chi connectivity index (χ1v) is 4.60. The first kappa shape index (κ1) is 14.0. The minimum absolute atomic E-state index is 0.105. The minimum atomic E-state index is -4.21. The Labute approximate surface area is 86.3 Å². The Morgan fingerprint density at radius 3 is 2.40 bits per heavy atom. The fourth-order valence-corrected chi connectivity index (χ4v) is 1.23. The van der Waals surface area contributed by atoms with Gasteiger partial charge in [-0.25, -0.2) is 0 Å². The van der Waals surface area contributed by atoms with Gasteiger partial charge in [0.1, 0.15) is 0 Å². The van der Waals surface area contributed by atoms with Gasteiger partial charge in [-0.05, 0) is 13.3 Å². The third-order valence-corrected chi connectivity index (χ3v) is 1.90. The van der Waals surface area contributed by atoms with Crippen LogP contribution in [0.2, 0.25) is 0 Å². The van der Waals surface area contributed by atoms with E-state index in [1.807, 2.05) is 0 Å². The second-order valence-electron chi connectivity index (χ2n) is 3.37. The number of nitrogens with two attached hydrogens (primary N) is 1. The molecule has 0 fully saturated rings. The number of nitrogens with zero attached hydrogens (tertiary/aromatic N) is 1. The van der Waals surface area contributed by atoms with Crippen molar-refractivity contribution in [2.24, 2.45) is 10.9 Å². The summed E-state index contributed by atoms with van der Waals surface area (Å²) in [6.07, 6.45) is -4.70. The molecule has 0 amide bonds. The average molecular weight is 227 g/mol. The van der Waals surface area contributed by atoms with Crippen LogP contribution >= 0.6 is 0 Å². The number of nitrogens with one attached hydrogen (secondary N) is 1. The highest BCUT2D eigenvalue weighted by atomic mass is 19.4. The molecule has 2 atom stereocenters. The molecule has 0 bridgehead atoms. The van der Waals surface area contributed by atoms with E-state index in [1.165, 1.54) is 6.92 Å². The fraction of sp³-hybridized carbons (Fsp3) is 0.875. The molecule has 15 heavy (non-hydrogen) atoms. The molecule has 0 aliphatic rings. The molecule has 0 aliphatic carbocycles. The molecule has 0 saturated carbocycles. The quantitative estimate of drug-likeness (QED) is 0.288. The Morgan fingerprint density at radius 1 is 1.53 bits per heavy atom. The van der Waals surface area contributed by atoms with Crippen molar-refractivity contribution in [1.29, 1.82) is 0 Å². The van der Waals surface area contributed by atoms with Gasteiger partial charge in [0.05, 0.1) is 12.5 Å². The van der Waals surface area contributed by atoms with Crippen LogP contribution in [0.25, 0.3) is 0 Å². The molecular formula is C8H16F3N3O. The van der Waals surface area contributed by atoms with Crippen molar-refractivity contribution in [3.8, 4) is 0 Å². The van der Waals surface area contributed by atoms with E-state index in [0.29, 0.717) is 6.42 Å². The Kier molecular flexibility index (Phi) is 5.41. The summed E-state index contributed by atoms with van der Waals surface area (Å²) < 4.78 is 36.0.